The number of esters is 1. The highest BCUT2D eigenvalue weighted by Crippen LogP contribution is 2.39. The van der Waals surface area contributed by atoms with Crippen molar-refractivity contribution in [2.24, 2.45) is 5.92 Å². The molecule has 1 N–H and O–H groups in total. The lowest BCUT2D eigenvalue weighted by Gasteiger charge is -2.32. The molecule has 0 aromatic heterocycles. The van der Waals surface area contributed by atoms with Gasteiger partial charge in [0.05, 0.1) is 23.2 Å². The molecule has 1 aliphatic carbocycles. The Morgan fingerprint density at radius 3 is 2.24 bits per heavy atom. The lowest BCUT2D eigenvalue weighted by molar-refractivity contribution is -0.143. The number of benzene rings is 2. The van der Waals surface area contributed by atoms with Gasteiger partial charge in [0.1, 0.15) is 6.04 Å². The van der Waals surface area contributed by atoms with Crippen LogP contribution in [-0.2, 0) is 35.3 Å². The molecule has 34 heavy (non-hydrogen) atoms. The predicted molar refractivity (Wildman–Crippen MR) is 131 cm³/mol. The number of carbonyl (C=O) groups is 1. The minimum Gasteiger partial charge on any atom is -0.468 e. The van der Waals surface area contributed by atoms with Crippen molar-refractivity contribution in [3.05, 3.63) is 47.5 Å². The Bertz CT molecular complexity index is 1220. The molecule has 0 bridgehead atoms. The fourth-order valence-electron chi connectivity index (χ4n) is 4.30. The molecule has 0 spiro atoms. The van der Waals surface area contributed by atoms with Crippen LogP contribution >= 0.6 is 0 Å². The van der Waals surface area contributed by atoms with Crippen LogP contribution in [0.4, 0.5) is 0 Å². The van der Waals surface area contributed by atoms with Crippen molar-refractivity contribution < 1.29 is 27.3 Å². The molecule has 1 atom stereocenters. The van der Waals surface area contributed by atoms with Crippen molar-refractivity contribution >= 4 is 28.6 Å². The first kappa shape index (κ1) is 24.9. The van der Waals surface area contributed by atoms with Crippen molar-refractivity contribution in [1.82, 2.24) is 4.72 Å². The number of rotatable bonds is 6. The van der Waals surface area contributed by atoms with E-state index in [1.807, 2.05) is 45.9 Å². The number of carbonyl (C=O) groups excluding carboxylic acids is 1. The number of methoxy groups -OCH3 is 1. The third-order valence-corrected chi connectivity index (χ3v) is 8.56. The van der Waals surface area contributed by atoms with Crippen LogP contribution in [0.15, 0.2) is 41.3 Å². The van der Waals surface area contributed by atoms with E-state index < -0.39 is 40.4 Å². The molecule has 2 aromatic rings. The van der Waals surface area contributed by atoms with E-state index in [0.717, 1.165) is 27.7 Å². The van der Waals surface area contributed by atoms with Gasteiger partial charge in [-0.3, -0.25) is 4.79 Å². The Morgan fingerprint density at radius 2 is 1.65 bits per heavy atom. The van der Waals surface area contributed by atoms with Gasteiger partial charge < -0.3 is 14.0 Å². The van der Waals surface area contributed by atoms with Crippen molar-refractivity contribution in [2.75, 3.05) is 7.11 Å². The van der Waals surface area contributed by atoms with E-state index in [2.05, 4.69) is 10.8 Å². The fourth-order valence-corrected chi connectivity index (χ4v) is 5.66. The predicted octanol–water partition coefficient (Wildman–Crippen LogP) is 3.03. The second kappa shape index (κ2) is 8.48. The van der Waals surface area contributed by atoms with Crippen LogP contribution in [0.3, 0.4) is 0 Å². The maximum absolute atomic E-state index is 13.1. The number of nitrogens with one attached hydrogen (secondary N) is 1. The van der Waals surface area contributed by atoms with Crippen LogP contribution in [0.1, 0.15) is 52.7 Å². The smallest absolute Gasteiger partial charge is 0.468 e. The van der Waals surface area contributed by atoms with Gasteiger partial charge in [0.2, 0.25) is 10.0 Å². The zero-order chi connectivity index (χ0) is 25.1. The molecule has 182 valence electrons. The lowest BCUT2D eigenvalue weighted by Crippen LogP contribution is -2.44. The highest BCUT2D eigenvalue weighted by atomic mass is 32.2. The van der Waals surface area contributed by atoms with E-state index >= 15 is 0 Å². The monoisotopic (exact) mass is 485 g/mol. The number of fused-ring (bicyclic) bond motifs is 3. The Kier molecular flexibility index (Phi) is 6.21. The molecule has 7 nitrogen and oxygen atoms in total. The van der Waals surface area contributed by atoms with E-state index in [9.17, 15) is 13.2 Å². The number of hydrogen-bond acceptors (Lipinski definition) is 6. The summed E-state index contributed by atoms with van der Waals surface area (Å²) >= 11 is 0. The van der Waals surface area contributed by atoms with Gasteiger partial charge in [-0.1, -0.05) is 38.1 Å². The second-order valence-corrected chi connectivity index (χ2v) is 12.1. The quantitative estimate of drug-likeness (QED) is 0.427. The molecule has 0 amide bonds. The molecule has 2 aliphatic rings. The van der Waals surface area contributed by atoms with E-state index in [0.29, 0.717) is 6.42 Å². The van der Waals surface area contributed by atoms with Gasteiger partial charge in [-0.05, 0) is 79.9 Å². The first-order valence-corrected chi connectivity index (χ1v) is 13.0. The Labute approximate surface area is 202 Å². The molecule has 1 aliphatic heterocycles. The fraction of sp³-hybridized carbons (Fsp3) is 0.480. The van der Waals surface area contributed by atoms with Crippen LogP contribution in [0, 0.1) is 5.92 Å². The summed E-state index contributed by atoms with van der Waals surface area (Å²) in [5, 5.41) is 0. The van der Waals surface area contributed by atoms with Crippen LogP contribution in [-0.4, -0.2) is 45.9 Å². The van der Waals surface area contributed by atoms with E-state index in [-0.39, 0.29) is 10.8 Å². The Hall–Kier alpha value is -2.20. The summed E-state index contributed by atoms with van der Waals surface area (Å²) in [7, 11) is -3.13. The Balaban J connectivity index is 1.62. The van der Waals surface area contributed by atoms with E-state index in [1.54, 1.807) is 26.0 Å². The summed E-state index contributed by atoms with van der Waals surface area (Å²) in [6.45, 7) is 11.6. The summed E-state index contributed by atoms with van der Waals surface area (Å²) in [6.07, 6.45) is 0.697. The van der Waals surface area contributed by atoms with E-state index in [4.69, 9.17) is 14.0 Å². The normalized spacial score (nSPS) is 19.1. The number of hydrogen-bond donors (Lipinski definition) is 1. The highest BCUT2D eigenvalue weighted by Gasteiger charge is 2.51. The van der Waals surface area contributed by atoms with Crippen LogP contribution in [0.25, 0.3) is 11.1 Å². The molecule has 4 rings (SSSR count). The summed E-state index contributed by atoms with van der Waals surface area (Å²) < 4.78 is 45.8. The van der Waals surface area contributed by atoms with Crippen molar-refractivity contribution in [3.63, 3.8) is 0 Å². The Morgan fingerprint density at radius 1 is 1.00 bits per heavy atom. The number of sulfonamides is 1. The van der Waals surface area contributed by atoms with Gasteiger partial charge in [-0.25, -0.2) is 8.42 Å². The first-order valence-electron chi connectivity index (χ1n) is 11.5. The van der Waals surface area contributed by atoms with Gasteiger partial charge in [-0.15, -0.1) is 0 Å². The van der Waals surface area contributed by atoms with Crippen LogP contribution in [0.2, 0.25) is 0 Å². The molecule has 0 unspecified atom stereocenters. The molecule has 1 heterocycles. The van der Waals surface area contributed by atoms with Gasteiger partial charge in [-0.2, -0.15) is 4.72 Å². The maximum atomic E-state index is 13.1. The van der Waals surface area contributed by atoms with Gasteiger partial charge >= 0.3 is 13.1 Å². The van der Waals surface area contributed by atoms with Crippen LogP contribution in [0.5, 0.6) is 0 Å². The first-order chi connectivity index (χ1) is 15.8. The average molecular weight is 485 g/mol. The van der Waals surface area contributed by atoms with Gasteiger partial charge in [0.25, 0.3) is 0 Å². The summed E-state index contributed by atoms with van der Waals surface area (Å²) in [4.78, 5) is 12.2. The van der Waals surface area contributed by atoms with Crippen molar-refractivity contribution in [1.29, 1.82) is 0 Å². The zero-order valence-corrected chi connectivity index (χ0v) is 21.6. The maximum Gasteiger partial charge on any atom is 0.494 e. The van der Waals surface area contributed by atoms with Crippen LogP contribution < -0.4 is 10.2 Å². The second-order valence-electron chi connectivity index (χ2n) is 10.4. The van der Waals surface area contributed by atoms with Crippen molar-refractivity contribution in [3.8, 4) is 11.1 Å². The minimum atomic E-state index is -3.92. The van der Waals surface area contributed by atoms with Gasteiger partial charge in [0.15, 0.2) is 0 Å². The summed E-state index contributed by atoms with van der Waals surface area (Å²) in [5.41, 5.74) is 4.10. The summed E-state index contributed by atoms with van der Waals surface area (Å²) in [6, 6.07) is 10.2. The third-order valence-electron chi connectivity index (χ3n) is 7.12. The lowest BCUT2D eigenvalue weighted by atomic mass is 9.78. The third kappa shape index (κ3) is 4.30. The molecular formula is C25H32BNO6S. The van der Waals surface area contributed by atoms with Crippen molar-refractivity contribution in [2.45, 2.75) is 70.1 Å². The molecule has 9 heteroatoms. The summed E-state index contributed by atoms with van der Waals surface area (Å²) in [5.74, 6) is -0.869. The number of ether oxygens (including phenoxy) is 1. The molecule has 1 fully saturated rings. The zero-order valence-electron chi connectivity index (χ0n) is 20.8. The highest BCUT2D eigenvalue weighted by molar-refractivity contribution is 7.89. The molecule has 0 radical (unpaired) electrons. The average Bonchev–Trinajstić information content (AvgIpc) is 3.23. The molecule has 0 saturated carbocycles. The standard InChI is InChI=1S/C25H32BNO6S/c1-15(2)22(23(28)31-7)27-34(29,30)19-10-8-16-12-17-13-18(9-11-20(17)21(16)14-19)26-32-24(3,4)25(5,6)33-26/h8-11,13-15,22,27H,12H2,1-7H3/t22-/m1/s1. The van der Waals surface area contributed by atoms with E-state index in [1.165, 1.54) is 7.11 Å². The molecule has 1 saturated heterocycles. The topological polar surface area (TPSA) is 90.9 Å². The largest absolute Gasteiger partial charge is 0.494 e. The molecular weight excluding hydrogens is 453 g/mol. The van der Waals surface area contributed by atoms with Gasteiger partial charge in [0, 0.05) is 0 Å². The minimum absolute atomic E-state index is 0.115. The molecule has 2 aromatic carbocycles. The SMILES string of the molecule is COC(=O)[C@H](NS(=O)(=O)c1ccc2c(c1)-c1ccc(B3OC(C)(C)C(C)(C)O3)cc1C2)C(C)C.